The van der Waals surface area contributed by atoms with Crippen LogP contribution in [0.1, 0.15) is 13.3 Å². The summed E-state index contributed by atoms with van der Waals surface area (Å²) < 4.78 is 28.2. The van der Waals surface area contributed by atoms with Gasteiger partial charge in [0, 0.05) is 6.42 Å². The molecule has 1 rings (SSSR count). The lowest BCUT2D eigenvalue weighted by Crippen LogP contribution is -2.20. The Morgan fingerprint density at radius 1 is 1.79 bits per heavy atom. The largest absolute Gasteiger partial charge is 0.480 e. The molecule has 0 radical (unpaired) electrons. The first kappa shape index (κ1) is 10.9. The summed E-state index contributed by atoms with van der Waals surface area (Å²) in [5.74, 6) is 3.85. The van der Waals surface area contributed by atoms with Crippen molar-refractivity contribution in [2.24, 2.45) is 5.41 Å². The summed E-state index contributed by atoms with van der Waals surface area (Å²) in [6.45, 7) is 0.776. The van der Waals surface area contributed by atoms with E-state index in [1.165, 1.54) is 6.92 Å². The topological polar surface area (TPSA) is 46.5 Å². The second kappa shape index (κ2) is 3.93. The van der Waals surface area contributed by atoms with Crippen LogP contribution in [0, 0.1) is 17.3 Å². The van der Waals surface area contributed by atoms with Gasteiger partial charge in [0.25, 0.3) is 6.43 Å². The Labute approximate surface area is 80.1 Å². The zero-order valence-corrected chi connectivity index (χ0v) is 7.59. The third kappa shape index (κ3) is 2.02. The lowest BCUT2D eigenvalue weighted by molar-refractivity contribution is -0.143. The molecule has 5 heteroatoms. The van der Waals surface area contributed by atoms with E-state index in [9.17, 15) is 13.6 Å². The molecule has 0 aromatic carbocycles. The zero-order chi connectivity index (χ0) is 10.8. The third-order valence-corrected chi connectivity index (χ3v) is 2.05. The first-order valence-electron chi connectivity index (χ1n) is 4.10. The lowest BCUT2D eigenvalue weighted by Gasteiger charge is -2.05. The lowest BCUT2D eigenvalue weighted by atomic mass is 10.1. The first-order valence-corrected chi connectivity index (χ1v) is 4.10. The molecule has 0 bridgehead atoms. The van der Waals surface area contributed by atoms with E-state index in [-0.39, 0.29) is 6.42 Å². The summed E-state index contributed by atoms with van der Waals surface area (Å²) in [4.78, 5) is 10.8. The molecule has 1 fully saturated rings. The molecule has 2 atom stereocenters. The van der Waals surface area contributed by atoms with Crippen LogP contribution in [-0.2, 0) is 9.53 Å². The SMILES string of the molecule is CC#CC1(C(=O)O)CC1OCC(F)F. The van der Waals surface area contributed by atoms with E-state index in [0.29, 0.717) is 0 Å². The highest BCUT2D eigenvalue weighted by atomic mass is 19.3. The van der Waals surface area contributed by atoms with Gasteiger partial charge in [0.2, 0.25) is 0 Å². The van der Waals surface area contributed by atoms with Crippen molar-refractivity contribution in [2.75, 3.05) is 6.61 Å². The van der Waals surface area contributed by atoms with Gasteiger partial charge >= 0.3 is 5.97 Å². The van der Waals surface area contributed by atoms with Crippen LogP contribution < -0.4 is 0 Å². The van der Waals surface area contributed by atoms with Crippen molar-refractivity contribution in [1.82, 2.24) is 0 Å². The van der Waals surface area contributed by atoms with E-state index in [2.05, 4.69) is 11.8 Å². The van der Waals surface area contributed by atoms with Crippen LogP contribution in [0.4, 0.5) is 8.78 Å². The van der Waals surface area contributed by atoms with Gasteiger partial charge in [0.05, 0.1) is 6.10 Å². The summed E-state index contributed by atoms with van der Waals surface area (Å²) in [6.07, 6.45) is -3.08. The minimum absolute atomic E-state index is 0.190. The van der Waals surface area contributed by atoms with Gasteiger partial charge in [-0.25, -0.2) is 8.78 Å². The Balaban J connectivity index is 2.52. The number of carbonyl (C=O) groups is 1. The number of ether oxygens (including phenoxy) is 1. The van der Waals surface area contributed by atoms with Crippen molar-refractivity contribution in [3.8, 4) is 11.8 Å². The number of carboxylic acid groups (broad SMARTS) is 1. The number of carboxylic acids is 1. The first-order chi connectivity index (χ1) is 6.53. The maximum atomic E-state index is 11.8. The van der Waals surface area contributed by atoms with Gasteiger partial charge in [-0.1, -0.05) is 5.92 Å². The fourth-order valence-electron chi connectivity index (χ4n) is 1.26. The molecular formula is C9H10F2O3. The molecule has 3 nitrogen and oxygen atoms in total. The molecule has 0 aromatic heterocycles. The van der Waals surface area contributed by atoms with Crippen molar-refractivity contribution in [3.05, 3.63) is 0 Å². The number of hydrogen-bond acceptors (Lipinski definition) is 2. The highest BCUT2D eigenvalue weighted by molar-refractivity contribution is 5.83. The van der Waals surface area contributed by atoms with Crippen LogP contribution in [0.3, 0.4) is 0 Å². The Morgan fingerprint density at radius 2 is 2.43 bits per heavy atom. The maximum absolute atomic E-state index is 11.8. The van der Waals surface area contributed by atoms with E-state index in [0.717, 1.165) is 0 Å². The van der Waals surface area contributed by atoms with E-state index in [1.807, 2.05) is 0 Å². The maximum Gasteiger partial charge on any atom is 0.324 e. The molecule has 0 saturated heterocycles. The van der Waals surface area contributed by atoms with Crippen LogP contribution in [0.15, 0.2) is 0 Å². The van der Waals surface area contributed by atoms with Crippen LogP contribution in [0.25, 0.3) is 0 Å². The van der Waals surface area contributed by atoms with Gasteiger partial charge in [-0.15, -0.1) is 5.92 Å². The van der Waals surface area contributed by atoms with Crippen LogP contribution in [-0.4, -0.2) is 30.2 Å². The Hall–Kier alpha value is -1.15. The molecule has 1 N–H and O–H groups in total. The van der Waals surface area contributed by atoms with E-state index >= 15 is 0 Å². The number of halogens is 2. The summed E-state index contributed by atoms with van der Waals surface area (Å²) in [5, 5.41) is 8.80. The average Bonchev–Trinajstić information content (AvgIpc) is 2.77. The molecular weight excluding hydrogens is 194 g/mol. The van der Waals surface area contributed by atoms with Gasteiger partial charge in [-0.2, -0.15) is 0 Å². The predicted octanol–water partition coefficient (Wildman–Crippen LogP) is 1.13. The molecule has 78 valence electrons. The molecule has 0 spiro atoms. The van der Waals surface area contributed by atoms with Crippen LogP contribution in [0.2, 0.25) is 0 Å². The molecule has 1 saturated carbocycles. The smallest absolute Gasteiger partial charge is 0.324 e. The van der Waals surface area contributed by atoms with Crippen LogP contribution in [0.5, 0.6) is 0 Å². The molecule has 14 heavy (non-hydrogen) atoms. The summed E-state index contributed by atoms with van der Waals surface area (Å²) >= 11 is 0. The predicted molar refractivity (Wildman–Crippen MR) is 43.9 cm³/mol. The second-order valence-electron chi connectivity index (χ2n) is 3.07. The summed E-state index contributed by atoms with van der Waals surface area (Å²) in [6, 6.07) is 0. The van der Waals surface area contributed by atoms with E-state index in [4.69, 9.17) is 9.84 Å². The van der Waals surface area contributed by atoms with E-state index < -0.39 is 30.5 Å². The number of hydrogen-bond donors (Lipinski definition) is 1. The molecule has 1 aliphatic carbocycles. The fourth-order valence-corrected chi connectivity index (χ4v) is 1.26. The minimum atomic E-state index is -2.57. The third-order valence-electron chi connectivity index (χ3n) is 2.05. The molecule has 0 aliphatic heterocycles. The highest BCUT2D eigenvalue weighted by Gasteiger charge is 2.61. The fraction of sp³-hybridized carbons (Fsp3) is 0.667. The van der Waals surface area contributed by atoms with Crippen molar-refractivity contribution < 1.29 is 23.4 Å². The van der Waals surface area contributed by atoms with Gasteiger partial charge in [0.15, 0.2) is 5.41 Å². The minimum Gasteiger partial charge on any atom is -0.480 e. The quantitative estimate of drug-likeness (QED) is 0.698. The number of aliphatic carboxylic acids is 1. The van der Waals surface area contributed by atoms with Gasteiger partial charge in [0.1, 0.15) is 6.61 Å². The highest BCUT2D eigenvalue weighted by Crippen LogP contribution is 2.48. The molecule has 1 aliphatic rings. The zero-order valence-electron chi connectivity index (χ0n) is 7.59. The van der Waals surface area contributed by atoms with Crippen molar-refractivity contribution in [1.29, 1.82) is 0 Å². The summed E-state index contributed by atoms with van der Waals surface area (Å²) in [5.41, 5.74) is -1.25. The Bertz CT molecular complexity index is 292. The van der Waals surface area contributed by atoms with Crippen LogP contribution >= 0.6 is 0 Å². The van der Waals surface area contributed by atoms with Crippen molar-refractivity contribution in [3.63, 3.8) is 0 Å². The van der Waals surface area contributed by atoms with Crippen molar-refractivity contribution >= 4 is 5.97 Å². The van der Waals surface area contributed by atoms with E-state index in [1.54, 1.807) is 0 Å². The molecule has 0 aromatic rings. The molecule has 0 amide bonds. The van der Waals surface area contributed by atoms with Gasteiger partial charge in [-0.05, 0) is 6.92 Å². The Morgan fingerprint density at radius 3 is 2.86 bits per heavy atom. The standard InChI is InChI=1S/C9H10F2O3/c1-2-3-9(8(12)13)4-6(9)14-5-7(10)11/h6-7H,4-5H2,1H3,(H,12,13). The second-order valence-corrected chi connectivity index (χ2v) is 3.07. The van der Waals surface area contributed by atoms with Gasteiger partial charge < -0.3 is 9.84 Å². The molecule has 2 unspecified atom stereocenters. The number of alkyl halides is 2. The average molecular weight is 204 g/mol. The van der Waals surface area contributed by atoms with Gasteiger partial charge in [-0.3, -0.25) is 4.79 Å². The van der Waals surface area contributed by atoms with Crippen molar-refractivity contribution in [2.45, 2.75) is 25.9 Å². The Kier molecular flexibility index (Phi) is 3.06. The number of rotatable bonds is 4. The molecule has 0 heterocycles. The summed E-state index contributed by atoms with van der Waals surface area (Å²) in [7, 11) is 0. The normalized spacial score (nSPS) is 29.6. The monoisotopic (exact) mass is 204 g/mol.